The first-order chi connectivity index (χ1) is 15.1. The molecule has 1 aromatic rings. The van der Waals surface area contributed by atoms with Crippen LogP contribution >= 0.6 is 0 Å². The van der Waals surface area contributed by atoms with Gasteiger partial charge in [-0.25, -0.2) is 4.90 Å². The van der Waals surface area contributed by atoms with Crippen LogP contribution in [-0.2, 0) is 13.1 Å². The third kappa shape index (κ3) is 6.36. The molecule has 0 saturated carbocycles. The Kier molecular flexibility index (Phi) is 8.46. The van der Waals surface area contributed by atoms with E-state index < -0.39 is 30.4 Å². The van der Waals surface area contributed by atoms with E-state index in [2.05, 4.69) is 30.5 Å². The van der Waals surface area contributed by atoms with E-state index in [4.69, 9.17) is 11.5 Å². The van der Waals surface area contributed by atoms with Crippen molar-refractivity contribution in [1.29, 1.82) is 0 Å². The zero-order valence-corrected chi connectivity index (χ0v) is 19.5. The van der Waals surface area contributed by atoms with E-state index in [1.165, 1.54) is 0 Å². The molecule has 0 radical (unpaired) electrons. The third-order valence-corrected chi connectivity index (χ3v) is 6.54. The van der Waals surface area contributed by atoms with Crippen molar-refractivity contribution in [2.45, 2.75) is 96.0 Å². The molecule has 0 aromatic heterocycles. The summed E-state index contributed by atoms with van der Waals surface area (Å²) in [4.78, 5) is 1.89. The monoisotopic (exact) mass is 447 g/mol. The Morgan fingerprint density at radius 2 is 1.97 bits per heavy atom. The van der Waals surface area contributed by atoms with E-state index in [9.17, 15) is 15.3 Å². The lowest BCUT2D eigenvalue weighted by molar-refractivity contribution is -0.0238. The van der Waals surface area contributed by atoms with Gasteiger partial charge >= 0.3 is 0 Å². The number of benzene rings is 1. The van der Waals surface area contributed by atoms with Crippen LogP contribution in [0.15, 0.2) is 35.9 Å². The molecule has 1 aliphatic heterocycles. The Hall–Kier alpha value is -1.36. The van der Waals surface area contributed by atoms with Gasteiger partial charge in [-0.3, -0.25) is 10.6 Å². The Balaban J connectivity index is 1.55. The lowest BCUT2D eigenvalue weighted by atomic mass is 9.90. The maximum atomic E-state index is 10.9. The molecular weight excluding hydrogens is 406 g/mol. The first-order valence-electron chi connectivity index (χ1n) is 11.7. The molecule has 0 amide bonds. The zero-order chi connectivity index (χ0) is 23.5. The van der Waals surface area contributed by atoms with Gasteiger partial charge in [0, 0.05) is 25.6 Å². The molecule has 32 heavy (non-hydrogen) atoms. The minimum Gasteiger partial charge on any atom is -0.391 e. The van der Waals surface area contributed by atoms with Crippen LogP contribution in [0.1, 0.15) is 57.6 Å². The summed E-state index contributed by atoms with van der Waals surface area (Å²) in [7, 11) is 0. The van der Waals surface area contributed by atoms with Crippen molar-refractivity contribution in [2.24, 2.45) is 17.4 Å². The maximum absolute atomic E-state index is 10.9. The summed E-state index contributed by atoms with van der Waals surface area (Å²) in [5.41, 5.74) is 14.9. The summed E-state index contributed by atoms with van der Waals surface area (Å²) < 4.78 is 0. The van der Waals surface area contributed by atoms with E-state index in [1.807, 2.05) is 36.1 Å². The highest BCUT2D eigenvalue weighted by Crippen LogP contribution is 2.30. The minimum atomic E-state index is -0.679. The number of nitrogens with zero attached hydrogens (tertiary/aromatic N) is 1. The SMILES string of the molecule is CC(C)CC1(C)NC(N)N(Cc2cccc(CNC(O)CC3=CC(N)C(O)CC3)c2)C1O. The van der Waals surface area contributed by atoms with Crippen LogP contribution in [0.25, 0.3) is 0 Å². The standard InChI is InChI=1S/C24H41N5O3/c1-15(2)12-24(3)22(32)29(23(26)28-24)14-18-6-4-5-17(9-18)13-27-21(31)11-16-7-8-20(30)19(25)10-16/h4-6,9-10,15,19-23,27-28,30-32H,7-8,11-14,25-26H2,1-3H3. The molecular formula is C24H41N5O3. The number of nitrogens with two attached hydrogens (primary N) is 2. The minimum absolute atomic E-state index is 0.355. The Morgan fingerprint density at radius 3 is 2.66 bits per heavy atom. The van der Waals surface area contributed by atoms with Gasteiger partial charge in [0.05, 0.1) is 11.6 Å². The topological polar surface area (TPSA) is 140 Å². The average molecular weight is 448 g/mol. The first-order valence-corrected chi connectivity index (χ1v) is 11.7. The fraction of sp³-hybridized carbons (Fsp3) is 0.667. The smallest absolute Gasteiger partial charge is 0.128 e. The molecule has 1 saturated heterocycles. The van der Waals surface area contributed by atoms with Crippen molar-refractivity contribution in [1.82, 2.24) is 15.5 Å². The predicted molar refractivity (Wildman–Crippen MR) is 126 cm³/mol. The molecule has 0 bridgehead atoms. The van der Waals surface area contributed by atoms with Crippen molar-refractivity contribution in [2.75, 3.05) is 0 Å². The van der Waals surface area contributed by atoms with Crippen molar-refractivity contribution in [3.63, 3.8) is 0 Å². The molecule has 1 fully saturated rings. The fourth-order valence-electron chi connectivity index (χ4n) is 4.98. The highest BCUT2D eigenvalue weighted by atomic mass is 16.3. The lowest BCUT2D eigenvalue weighted by Crippen LogP contribution is -2.49. The number of nitrogens with one attached hydrogen (secondary N) is 2. The van der Waals surface area contributed by atoms with E-state index in [-0.39, 0.29) is 6.04 Å². The Labute approximate surface area is 191 Å². The van der Waals surface area contributed by atoms with Gasteiger partial charge in [0.25, 0.3) is 0 Å². The maximum Gasteiger partial charge on any atom is 0.128 e. The summed E-state index contributed by atoms with van der Waals surface area (Å²) in [5.74, 6) is 0.445. The van der Waals surface area contributed by atoms with Crippen LogP contribution in [0.3, 0.4) is 0 Å². The molecule has 180 valence electrons. The molecule has 3 rings (SSSR count). The van der Waals surface area contributed by atoms with Crippen molar-refractivity contribution >= 4 is 0 Å². The molecule has 1 aliphatic carbocycles. The quantitative estimate of drug-likeness (QED) is 0.216. The van der Waals surface area contributed by atoms with Crippen LogP contribution in [0.5, 0.6) is 0 Å². The molecule has 6 unspecified atom stereocenters. The highest BCUT2D eigenvalue weighted by Gasteiger charge is 2.46. The summed E-state index contributed by atoms with van der Waals surface area (Å²) in [6, 6.07) is 7.74. The summed E-state index contributed by atoms with van der Waals surface area (Å²) in [5, 5.41) is 37.6. The molecule has 1 aromatic carbocycles. The Bertz CT molecular complexity index is 789. The van der Waals surface area contributed by atoms with Crippen molar-refractivity contribution in [3.05, 3.63) is 47.0 Å². The van der Waals surface area contributed by atoms with Gasteiger partial charge in [0.2, 0.25) is 0 Å². The van der Waals surface area contributed by atoms with Crippen LogP contribution in [0, 0.1) is 5.92 Å². The normalized spacial score (nSPS) is 32.3. The van der Waals surface area contributed by atoms with Gasteiger partial charge in [-0.15, -0.1) is 0 Å². The summed E-state index contributed by atoms with van der Waals surface area (Å²) in [6.45, 7) is 7.36. The van der Waals surface area contributed by atoms with Crippen LogP contribution in [0.4, 0.5) is 0 Å². The lowest BCUT2D eigenvalue weighted by Gasteiger charge is -2.32. The molecule has 8 nitrogen and oxygen atoms in total. The highest BCUT2D eigenvalue weighted by molar-refractivity contribution is 5.24. The molecule has 8 heteroatoms. The van der Waals surface area contributed by atoms with E-state index in [1.54, 1.807) is 0 Å². The first kappa shape index (κ1) is 25.3. The van der Waals surface area contributed by atoms with E-state index in [0.29, 0.717) is 31.8 Å². The number of hydrogen-bond acceptors (Lipinski definition) is 8. The zero-order valence-electron chi connectivity index (χ0n) is 19.5. The van der Waals surface area contributed by atoms with Gasteiger partial charge < -0.3 is 26.8 Å². The molecule has 2 aliphatic rings. The van der Waals surface area contributed by atoms with Crippen molar-refractivity contribution in [3.8, 4) is 0 Å². The van der Waals surface area contributed by atoms with Gasteiger partial charge in [0.1, 0.15) is 18.7 Å². The number of rotatable bonds is 9. The van der Waals surface area contributed by atoms with E-state index in [0.717, 1.165) is 29.5 Å². The van der Waals surface area contributed by atoms with Crippen LogP contribution in [-0.4, -0.2) is 56.6 Å². The second-order valence-corrected chi connectivity index (χ2v) is 10.1. The van der Waals surface area contributed by atoms with Gasteiger partial charge in [-0.2, -0.15) is 0 Å². The third-order valence-electron chi connectivity index (χ3n) is 6.54. The van der Waals surface area contributed by atoms with Crippen LogP contribution in [0.2, 0.25) is 0 Å². The Morgan fingerprint density at radius 1 is 1.25 bits per heavy atom. The average Bonchev–Trinajstić information content (AvgIpc) is 2.92. The van der Waals surface area contributed by atoms with E-state index >= 15 is 0 Å². The second-order valence-electron chi connectivity index (χ2n) is 10.1. The summed E-state index contributed by atoms with van der Waals surface area (Å²) in [6.07, 6.45) is 2.33. The molecule has 1 heterocycles. The van der Waals surface area contributed by atoms with Gasteiger partial charge in [-0.1, -0.05) is 49.8 Å². The number of aliphatic hydroxyl groups excluding tert-OH is 3. The fourth-order valence-corrected chi connectivity index (χ4v) is 4.98. The number of aliphatic hydroxyl groups is 3. The van der Waals surface area contributed by atoms with Crippen molar-refractivity contribution < 1.29 is 15.3 Å². The summed E-state index contributed by atoms with van der Waals surface area (Å²) >= 11 is 0. The predicted octanol–water partition coefficient (Wildman–Crippen LogP) is 0.664. The van der Waals surface area contributed by atoms with Gasteiger partial charge in [0.15, 0.2) is 0 Å². The molecule has 6 atom stereocenters. The van der Waals surface area contributed by atoms with Crippen LogP contribution < -0.4 is 22.1 Å². The number of hydrogen-bond donors (Lipinski definition) is 7. The largest absolute Gasteiger partial charge is 0.391 e. The molecule has 9 N–H and O–H groups in total. The second kappa shape index (κ2) is 10.7. The van der Waals surface area contributed by atoms with Gasteiger partial charge in [-0.05, 0) is 43.2 Å². The molecule has 0 spiro atoms.